The summed E-state index contributed by atoms with van der Waals surface area (Å²) >= 11 is 0. The normalized spacial score (nSPS) is 11.7. The Hall–Kier alpha value is -1.90. The third-order valence-corrected chi connectivity index (χ3v) is 3.69. The maximum absolute atomic E-state index is 11.7. The zero-order valence-corrected chi connectivity index (χ0v) is 14.9. The van der Waals surface area contributed by atoms with Gasteiger partial charge in [-0.2, -0.15) is 0 Å². The van der Waals surface area contributed by atoms with Crippen molar-refractivity contribution < 1.29 is 14.3 Å². The number of ketones is 1. The first kappa shape index (κ1) is 19.1. The fourth-order valence-electron chi connectivity index (χ4n) is 2.59. The summed E-state index contributed by atoms with van der Waals surface area (Å²) in [5, 5.41) is 0. The summed E-state index contributed by atoms with van der Waals surface area (Å²) in [5.41, 5.74) is 4.02. The van der Waals surface area contributed by atoms with Gasteiger partial charge < -0.3 is 4.74 Å². The van der Waals surface area contributed by atoms with Crippen molar-refractivity contribution in [1.29, 1.82) is 0 Å². The fourth-order valence-corrected chi connectivity index (χ4v) is 2.59. The molecule has 0 heterocycles. The van der Waals surface area contributed by atoms with Gasteiger partial charge in [0.1, 0.15) is 0 Å². The number of hydrogen-bond acceptors (Lipinski definition) is 3. The van der Waals surface area contributed by atoms with Crippen molar-refractivity contribution in [3.63, 3.8) is 0 Å². The molecule has 23 heavy (non-hydrogen) atoms. The van der Waals surface area contributed by atoms with E-state index in [-0.39, 0.29) is 18.0 Å². The Morgan fingerprint density at radius 1 is 1.26 bits per heavy atom. The van der Waals surface area contributed by atoms with Crippen LogP contribution in [0.15, 0.2) is 29.8 Å². The molecule has 0 aromatic heterocycles. The van der Waals surface area contributed by atoms with Crippen LogP contribution in [0.4, 0.5) is 0 Å². The molecule has 0 atom stereocenters. The average molecular weight is 316 g/mol. The molecule has 0 saturated carbocycles. The van der Waals surface area contributed by atoms with Gasteiger partial charge in [-0.15, -0.1) is 0 Å². The molecule has 0 aliphatic carbocycles. The lowest BCUT2D eigenvalue weighted by Gasteiger charge is -2.10. The van der Waals surface area contributed by atoms with Gasteiger partial charge in [-0.1, -0.05) is 38.1 Å². The van der Waals surface area contributed by atoms with Crippen LogP contribution in [0, 0.1) is 12.8 Å². The van der Waals surface area contributed by atoms with Crippen LogP contribution in [-0.4, -0.2) is 18.4 Å². The number of hydrogen-bond donors (Lipinski definition) is 0. The first-order chi connectivity index (χ1) is 10.8. The van der Waals surface area contributed by atoms with Gasteiger partial charge in [0.15, 0.2) is 5.78 Å². The van der Waals surface area contributed by atoms with Crippen molar-refractivity contribution in [2.24, 2.45) is 5.92 Å². The molecule has 3 nitrogen and oxygen atoms in total. The van der Waals surface area contributed by atoms with Gasteiger partial charge in [0.05, 0.1) is 12.2 Å². The van der Waals surface area contributed by atoms with Crippen molar-refractivity contribution in [3.8, 4) is 0 Å². The van der Waals surface area contributed by atoms with Crippen LogP contribution in [0.2, 0.25) is 0 Å². The van der Waals surface area contributed by atoms with Crippen LogP contribution >= 0.6 is 0 Å². The van der Waals surface area contributed by atoms with E-state index in [0.29, 0.717) is 12.3 Å². The van der Waals surface area contributed by atoms with E-state index in [4.69, 9.17) is 4.74 Å². The maximum Gasteiger partial charge on any atom is 0.341 e. The van der Waals surface area contributed by atoms with Crippen LogP contribution in [0.25, 0.3) is 0 Å². The van der Waals surface area contributed by atoms with Crippen molar-refractivity contribution in [1.82, 2.24) is 0 Å². The number of Topliss-reactive ketones (excluding diaryl/α,β-unsaturated/α-hetero) is 1. The zero-order valence-electron chi connectivity index (χ0n) is 14.9. The molecule has 0 amide bonds. The molecule has 3 heteroatoms. The second-order valence-corrected chi connectivity index (χ2v) is 6.29. The summed E-state index contributed by atoms with van der Waals surface area (Å²) in [6, 6.07) is 6.55. The van der Waals surface area contributed by atoms with Crippen LogP contribution in [0.3, 0.4) is 0 Å². The SMILES string of the molecule is CCOC(=O)/C(=C/CCc1ccc(CC(C)C)cc1C)C(C)=O. The van der Waals surface area contributed by atoms with E-state index < -0.39 is 5.97 Å². The molecule has 1 aromatic rings. The van der Waals surface area contributed by atoms with E-state index >= 15 is 0 Å². The maximum atomic E-state index is 11.7. The van der Waals surface area contributed by atoms with Gasteiger partial charge in [-0.05, 0) is 62.6 Å². The molecule has 0 fully saturated rings. The Kier molecular flexibility index (Phi) is 7.73. The third-order valence-electron chi connectivity index (χ3n) is 3.69. The number of carbonyl (C=O) groups is 2. The molecule has 0 bridgehead atoms. The highest BCUT2D eigenvalue weighted by atomic mass is 16.5. The second kappa shape index (κ2) is 9.29. The van der Waals surface area contributed by atoms with Gasteiger partial charge in [-0.25, -0.2) is 4.79 Å². The summed E-state index contributed by atoms with van der Waals surface area (Å²) < 4.78 is 4.92. The summed E-state index contributed by atoms with van der Waals surface area (Å²) in [6.45, 7) is 9.95. The van der Waals surface area contributed by atoms with Crippen LogP contribution in [0.1, 0.15) is 50.8 Å². The Morgan fingerprint density at radius 3 is 2.48 bits per heavy atom. The minimum absolute atomic E-state index is 0.154. The number of esters is 1. The number of carbonyl (C=O) groups excluding carboxylic acids is 2. The fraction of sp³-hybridized carbons (Fsp3) is 0.500. The highest BCUT2D eigenvalue weighted by Gasteiger charge is 2.14. The summed E-state index contributed by atoms with van der Waals surface area (Å²) in [5.74, 6) is -0.123. The predicted molar refractivity (Wildman–Crippen MR) is 93.4 cm³/mol. The largest absolute Gasteiger partial charge is 0.462 e. The molecule has 0 aliphatic rings. The average Bonchev–Trinajstić information content (AvgIpc) is 2.44. The minimum atomic E-state index is -0.524. The van der Waals surface area contributed by atoms with Gasteiger partial charge in [0.25, 0.3) is 0 Å². The first-order valence-corrected chi connectivity index (χ1v) is 8.31. The Labute approximate surface area is 139 Å². The smallest absolute Gasteiger partial charge is 0.341 e. The van der Waals surface area contributed by atoms with Gasteiger partial charge >= 0.3 is 5.97 Å². The number of benzene rings is 1. The second-order valence-electron chi connectivity index (χ2n) is 6.29. The Balaban J connectivity index is 2.75. The summed E-state index contributed by atoms with van der Waals surface area (Å²) in [6.07, 6.45) is 4.24. The van der Waals surface area contributed by atoms with E-state index in [0.717, 1.165) is 12.8 Å². The monoisotopic (exact) mass is 316 g/mol. The van der Waals surface area contributed by atoms with E-state index in [9.17, 15) is 9.59 Å². The lowest BCUT2D eigenvalue weighted by atomic mass is 9.96. The van der Waals surface area contributed by atoms with Crippen molar-refractivity contribution >= 4 is 11.8 Å². The highest BCUT2D eigenvalue weighted by Crippen LogP contribution is 2.16. The van der Waals surface area contributed by atoms with Crippen LogP contribution < -0.4 is 0 Å². The van der Waals surface area contributed by atoms with E-state index in [1.807, 2.05) is 0 Å². The predicted octanol–water partition coefficient (Wildman–Crippen LogP) is 4.20. The van der Waals surface area contributed by atoms with Crippen LogP contribution in [-0.2, 0) is 27.2 Å². The molecule has 0 aliphatic heterocycles. The van der Waals surface area contributed by atoms with Gasteiger partial charge in [0.2, 0.25) is 0 Å². The van der Waals surface area contributed by atoms with E-state index in [2.05, 4.69) is 39.0 Å². The molecule has 1 aromatic carbocycles. The lowest BCUT2D eigenvalue weighted by Crippen LogP contribution is -2.13. The number of aryl methyl sites for hydroxylation is 2. The highest BCUT2D eigenvalue weighted by molar-refractivity contribution is 6.16. The minimum Gasteiger partial charge on any atom is -0.462 e. The number of ether oxygens (including phenoxy) is 1. The lowest BCUT2D eigenvalue weighted by molar-refractivity contribution is -0.139. The Bertz CT molecular complexity index is 583. The number of allylic oxidation sites excluding steroid dienone is 1. The molecule has 0 saturated heterocycles. The van der Waals surface area contributed by atoms with E-state index in [1.54, 1.807) is 13.0 Å². The van der Waals surface area contributed by atoms with Crippen molar-refractivity contribution in [2.45, 2.75) is 53.9 Å². The summed E-state index contributed by atoms with van der Waals surface area (Å²) in [4.78, 5) is 23.3. The first-order valence-electron chi connectivity index (χ1n) is 8.31. The molecular formula is C20H28O3. The summed E-state index contributed by atoms with van der Waals surface area (Å²) in [7, 11) is 0. The molecule has 0 unspecified atom stereocenters. The molecule has 126 valence electrons. The van der Waals surface area contributed by atoms with Crippen molar-refractivity contribution in [3.05, 3.63) is 46.5 Å². The quantitative estimate of drug-likeness (QED) is 0.312. The van der Waals surface area contributed by atoms with Crippen LogP contribution in [0.5, 0.6) is 0 Å². The van der Waals surface area contributed by atoms with E-state index in [1.165, 1.54) is 23.6 Å². The molecular weight excluding hydrogens is 288 g/mol. The standard InChI is InChI=1S/C20H28O3/c1-6-23-20(22)19(16(5)21)9-7-8-18-11-10-17(12-14(2)3)13-15(18)4/h9-11,13-14H,6-8,12H2,1-5H3/b19-9+. The molecule has 0 radical (unpaired) electrons. The van der Waals surface area contributed by atoms with Gasteiger partial charge in [0, 0.05) is 0 Å². The number of rotatable bonds is 8. The molecule has 1 rings (SSSR count). The van der Waals surface area contributed by atoms with Crippen molar-refractivity contribution in [2.75, 3.05) is 6.61 Å². The Morgan fingerprint density at radius 2 is 1.96 bits per heavy atom. The third kappa shape index (κ3) is 6.39. The topological polar surface area (TPSA) is 43.4 Å². The molecule has 0 N–H and O–H groups in total. The molecule has 0 spiro atoms. The zero-order chi connectivity index (χ0) is 17.4. The van der Waals surface area contributed by atoms with Gasteiger partial charge in [-0.3, -0.25) is 4.79 Å².